The van der Waals surface area contributed by atoms with Crippen LogP contribution in [0.1, 0.15) is 0 Å². The number of aromatic nitrogens is 1. The van der Waals surface area contributed by atoms with Crippen molar-refractivity contribution in [2.24, 2.45) is 0 Å². The van der Waals surface area contributed by atoms with Crippen molar-refractivity contribution in [3.63, 3.8) is 0 Å². The van der Waals surface area contributed by atoms with Gasteiger partial charge in [-0.05, 0) is 22.0 Å². The normalized spacial score (nSPS) is 9.73. The van der Waals surface area contributed by atoms with E-state index in [0.29, 0.717) is 15.9 Å². The van der Waals surface area contributed by atoms with Gasteiger partial charge in [0.2, 0.25) is 0 Å². The van der Waals surface area contributed by atoms with Crippen molar-refractivity contribution in [1.29, 1.82) is 0 Å². The Bertz CT molecular complexity index is 269. The molecule has 0 bridgehead atoms. The van der Waals surface area contributed by atoms with Gasteiger partial charge in [-0.1, -0.05) is 6.07 Å². The first kappa shape index (κ1) is 8.51. The van der Waals surface area contributed by atoms with Crippen LogP contribution in [0.2, 0.25) is 0 Å². The Morgan fingerprint density at radius 1 is 1.45 bits per heavy atom. The average molecular weight is 217 g/mol. The second kappa shape index (κ2) is 3.21. The lowest BCUT2D eigenvalue weighted by atomic mass is 9.82. The van der Waals surface area contributed by atoms with Gasteiger partial charge in [0.25, 0.3) is 0 Å². The number of halogens is 1. The van der Waals surface area contributed by atoms with Crippen molar-refractivity contribution in [2.45, 2.75) is 0 Å². The molecule has 4 nitrogen and oxygen atoms in total. The largest absolute Gasteiger partial charge is 0.491 e. The molecule has 11 heavy (non-hydrogen) atoms. The zero-order valence-electron chi connectivity index (χ0n) is 5.53. The van der Waals surface area contributed by atoms with Crippen molar-refractivity contribution in [2.75, 3.05) is 5.73 Å². The van der Waals surface area contributed by atoms with E-state index in [4.69, 9.17) is 15.8 Å². The van der Waals surface area contributed by atoms with Gasteiger partial charge in [0.1, 0.15) is 10.4 Å². The lowest BCUT2D eigenvalue weighted by Gasteiger charge is -2.01. The van der Waals surface area contributed by atoms with Crippen molar-refractivity contribution in [3.05, 3.63) is 16.7 Å². The molecule has 0 saturated heterocycles. The van der Waals surface area contributed by atoms with Gasteiger partial charge in [-0.3, -0.25) is 0 Å². The standard InChI is InChI=1S/C5H6BBrN2O2/c7-5-3(6(10)11)1-2-4(8)9-5/h1-2,10-11H,(H2,8,9). The van der Waals surface area contributed by atoms with E-state index in [-0.39, 0.29) is 0 Å². The van der Waals surface area contributed by atoms with Crippen LogP contribution in [0.4, 0.5) is 5.82 Å². The van der Waals surface area contributed by atoms with E-state index < -0.39 is 7.12 Å². The quantitative estimate of drug-likeness (QED) is 0.420. The number of rotatable bonds is 1. The highest BCUT2D eigenvalue weighted by molar-refractivity contribution is 9.10. The summed E-state index contributed by atoms with van der Waals surface area (Å²) in [6.07, 6.45) is 0. The molecule has 0 radical (unpaired) electrons. The summed E-state index contributed by atoms with van der Waals surface area (Å²) in [6, 6.07) is 3.00. The van der Waals surface area contributed by atoms with Crippen LogP contribution in [0.5, 0.6) is 0 Å². The lowest BCUT2D eigenvalue weighted by Crippen LogP contribution is -2.31. The second-order valence-corrected chi connectivity index (χ2v) is 2.74. The first-order chi connectivity index (χ1) is 5.11. The SMILES string of the molecule is Nc1ccc(B(O)O)c(Br)n1. The fraction of sp³-hybridized carbons (Fsp3) is 0. The van der Waals surface area contributed by atoms with E-state index in [9.17, 15) is 0 Å². The number of anilines is 1. The summed E-state index contributed by atoms with van der Waals surface area (Å²) in [4.78, 5) is 3.77. The topological polar surface area (TPSA) is 79.4 Å². The summed E-state index contributed by atoms with van der Waals surface area (Å²) >= 11 is 3.04. The summed E-state index contributed by atoms with van der Waals surface area (Å²) < 4.78 is 0.354. The van der Waals surface area contributed by atoms with Gasteiger partial charge in [-0.25, -0.2) is 4.98 Å². The number of hydrogen-bond acceptors (Lipinski definition) is 4. The summed E-state index contributed by atoms with van der Waals surface area (Å²) in [5.41, 5.74) is 5.63. The first-order valence-electron chi connectivity index (χ1n) is 2.89. The second-order valence-electron chi connectivity index (χ2n) is 1.99. The molecular formula is C5H6BBrN2O2. The third-order valence-electron chi connectivity index (χ3n) is 1.18. The fourth-order valence-corrected chi connectivity index (χ4v) is 1.19. The molecule has 1 aromatic heterocycles. The van der Waals surface area contributed by atoms with Gasteiger partial charge in [-0.15, -0.1) is 0 Å². The summed E-state index contributed by atoms with van der Waals surface area (Å²) in [5, 5.41) is 17.5. The van der Waals surface area contributed by atoms with Crippen LogP contribution in [0, 0.1) is 0 Å². The van der Waals surface area contributed by atoms with Gasteiger partial charge in [0, 0.05) is 5.46 Å². The molecule has 0 aromatic carbocycles. The van der Waals surface area contributed by atoms with Crippen LogP contribution in [-0.2, 0) is 0 Å². The first-order valence-corrected chi connectivity index (χ1v) is 3.68. The van der Waals surface area contributed by atoms with Crippen molar-refractivity contribution >= 4 is 34.3 Å². The number of nitrogens with two attached hydrogens (primary N) is 1. The third-order valence-corrected chi connectivity index (χ3v) is 1.81. The van der Waals surface area contributed by atoms with E-state index >= 15 is 0 Å². The Labute approximate surface area is 72.3 Å². The fourth-order valence-electron chi connectivity index (χ4n) is 0.652. The number of hydrogen-bond donors (Lipinski definition) is 3. The molecule has 0 amide bonds. The molecule has 0 spiro atoms. The Balaban J connectivity index is 3.09. The van der Waals surface area contributed by atoms with Crippen molar-refractivity contribution < 1.29 is 10.0 Å². The molecule has 1 aromatic rings. The van der Waals surface area contributed by atoms with Gasteiger partial charge in [-0.2, -0.15) is 0 Å². The minimum absolute atomic E-state index is 0.305. The molecular weight excluding hydrogens is 211 g/mol. The highest BCUT2D eigenvalue weighted by atomic mass is 79.9. The molecule has 0 atom stereocenters. The summed E-state index contributed by atoms with van der Waals surface area (Å²) in [6.45, 7) is 0. The zero-order valence-corrected chi connectivity index (χ0v) is 7.12. The summed E-state index contributed by atoms with van der Waals surface area (Å²) in [5.74, 6) is 0.335. The maximum atomic E-state index is 8.74. The average Bonchev–Trinajstić information content (AvgIpc) is 1.85. The van der Waals surface area contributed by atoms with Gasteiger partial charge >= 0.3 is 7.12 Å². The Kier molecular flexibility index (Phi) is 2.48. The highest BCUT2D eigenvalue weighted by Gasteiger charge is 2.15. The molecule has 0 aliphatic rings. The van der Waals surface area contributed by atoms with E-state index in [2.05, 4.69) is 20.9 Å². The van der Waals surface area contributed by atoms with Crippen LogP contribution >= 0.6 is 15.9 Å². The minimum atomic E-state index is -1.52. The maximum Gasteiger partial charge on any atom is 0.491 e. The predicted molar refractivity (Wildman–Crippen MR) is 46.2 cm³/mol. The number of nitrogen functional groups attached to an aromatic ring is 1. The van der Waals surface area contributed by atoms with Crippen LogP contribution in [0.15, 0.2) is 16.7 Å². The molecule has 4 N–H and O–H groups in total. The van der Waals surface area contributed by atoms with E-state index in [1.165, 1.54) is 12.1 Å². The van der Waals surface area contributed by atoms with E-state index in [0.717, 1.165) is 0 Å². The Morgan fingerprint density at radius 3 is 2.55 bits per heavy atom. The van der Waals surface area contributed by atoms with Crippen molar-refractivity contribution in [3.8, 4) is 0 Å². The van der Waals surface area contributed by atoms with E-state index in [1.54, 1.807) is 0 Å². The molecule has 58 valence electrons. The molecule has 1 rings (SSSR count). The monoisotopic (exact) mass is 216 g/mol. The predicted octanol–water partition coefficient (Wildman–Crippen LogP) is -0.894. The molecule has 0 aliphatic heterocycles. The highest BCUT2D eigenvalue weighted by Crippen LogP contribution is 2.05. The molecule has 1 heterocycles. The molecule has 0 aliphatic carbocycles. The molecule has 0 saturated carbocycles. The Hall–Kier alpha value is -0.585. The van der Waals surface area contributed by atoms with Crippen LogP contribution in [-0.4, -0.2) is 22.2 Å². The Morgan fingerprint density at radius 2 is 2.09 bits per heavy atom. The van der Waals surface area contributed by atoms with Crippen LogP contribution in [0.3, 0.4) is 0 Å². The number of pyridine rings is 1. The van der Waals surface area contributed by atoms with Crippen molar-refractivity contribution in [1.82, 2.24) is 4.98 Å². The smallest absolute Gasteiger partial charge is 0.423 e. The lowest BCUT2D eigenvalue weighted by molar-refractivity contribution is 0.425. The minimum Gasteiger partial charge on any atom is -0.423 e. The molecule has 0 fully saturated rings. The third kappa shape index (κ3) is 1.92. The van der Waals surface area contributed by atoms with Crippen LogP contribution in [0.25, 0.3) is 0 Å². The summed E-state index contributed by atoms with van der Waals surface area (Å²) in [7, 11) is -1.52. The molecule has 6 heteroatoms. The van der Waals surface area contributed by atoms with Gasteiger partial charge < -0.3 is 15.8 Å². The maximum absolute atomic E-state index is 8.74. The van der Waals surface area contributed by atoms with E-state index in [1.807, 2.05) is 0 Å². The van der Waals surface area contributed by atoms with Crippen LogP contribution < -0.4 is 11.2 Å². The zero-order chi connectivity index (χ0) is 8.43. The van der Waals surface area contributed by atoms with Gasteiger partial charge in [0.05, 0.1) is 0 Å². The molecule has 0 unspecified atom stereocenters. The number of nitrogens with zero attached hydrogens (tertiary/aromatic N) is 1. The van der Waals surface area contributed by atoms with Gasteiger partial charge in [0.15, 0.2) is 0 Å².